The standard InChI is InChI=1S/C29H25N3O4S/c1-3-15-31(27(34)18-36-22-7-5-4-6-8-22)24-17-26(33)32(29(24)35)21-12-10-20(11-13-21)28-30-23-14-9-19(2)16-25(23)37-28/h3-14,16,24H,1,15,17-18H2,2H3. The predicted molar refractivity (Wildman–Crippen MR) is 145 cm³/mol. The van der Waals surface area contributed by atoms with E-state index in [0.29, 0.717) is 11.4 Å². The first-order valence-corrected chi connectivity index (χ1v) is 12.7. The molecule has 1 unspecified atom stereocenters. The van der Waals surface area contributed by atoms with E-state index < -0.39 is 17.9 Å². The van der Waals surface area contributed by atoms with Crippen LogP contribution in [0.15, 0.2) is 85.5 Å². The molecule has 0 aliphatic carbocycles. The normalized spacial score (nSPS) is 15.3. The Kier molecular flexibility index (Phi) is 6.83. The molecule has 3 aromatic carbocycles. The molecule has 2 heterocycles. The summed E-state index contributed by atoms with van der Waals surface area (Å²) in [4.78, 5) is 46.4. The van der Waals surface area contributed by atoms with Gasteiger partial charge in [-0.25, -0.2) is 9.88 Å². The van der Waals surface area contributed by atoms with E-state index >= 15 is 0 Å². The van der Waals surface area contributed by atoms with Gasteiger partial charge in [0.15, 0.2) is 6.61 Å². The van der Waals surface area contributed by atoms with E-state index in [1.165, 1.54) is 16.5 Å². The van der Waals surface area contributed by atoms with Gasteiger partial charge < -0.3 is 9.64 Å². The zero-order chi connectivity index (χ0) is 25.9. The van der Waals surface area contributed by atoms with Crippen molar-refractivity contribution in [1.29, 1.82) is 0 Å². The Morgan fingerprint density at radius 1 is 1.14 bits per heavy atom. The van der Waals surface area contributed by atoms with Crippen LogP contribution < -0.4 is 9.64 Å². The van der Waals surface area contributed by atoms with Crippen molar-refractivity contribution < 1.29 is 19.1 Å². The van der Waals surface area contributed by atoms with E-state index in [-0.39, 0.29) is 25.5 Å². The fraction of sp³-hybridized carbons (Fsp3) is 0.172. The molecule has 1 fully saturated rings. The van der Waals surface area contributed by atoms with Gasteiger partial charge in [0.25, 0.3) is 11.8 Å². The molecule has 0 spiro atoms. The number of thiazole rings is 1. The summed E-state index contributed by atoms with van der Waals surface area (Å²) < 4.78 is 6.68. The van der Waals surface area contributed by atoms with Gasteiger partial charge in [-0.15, -0.1) is 17.9 Å². The maximum absolute atomic E-state index is 13.3. The van der Waals surface area contributed by atoms with Gasteiger partial charge in [0, 0.05) is 12.1 Å². The number of amides is 3. The number of ether oxygens (including phenoxy) is 1. The summed E-state index contributed by atoms with van der Waals surface area (Å²) in [7, 11) is 0. The lowest BCUT2D eigenvalue weighted by molar-refractivity contribution is -0.139. The highest BCUT2D eigenvalue weighted by atomic mass is 32.1. The van der Waals surface area contributed by atoms with E-state index in [0.717, 1.165) is 25.7 Å². The molecule has 0 bridgehead atoms. The molecular formula is C29H25N3O4S. The van der Waals surface area contributed by atoms with Crippen LogP contribution in [-0.2, 0) is 14.4 Å². The van der Waals surface area contributed by atoms with Crippen molar-refractivity contribution in [2.75, 3.05) is 18.1 Å². The number of para-hydroxylation sites is 1. The van der Waals surface area contributed by atoms with E-state index in [2.05, 4.69) is 12.6 Å². The first-order valence-electron chi connectivity index (χ1n) is 11.9. The smallest absolute Gasteiger partial charge is 0.261 e. The van der Waals surface area contributed by atoms with Crippen LogP contribution in [0.1, 0.15) is 12.0 Å². The highest BCUT2D eigenvalue weighted by Crippen LogP contribution is 2.33. The molecule has 1 saturated heterocycles. The number of nitrogens with zero attached hydrogens (tertiary/aromatic N) is 3. The third-order valence-electron chi connectivity index (χ3n) is 6.17. The number of carbonyl (C=O) groups excluding carboxylic acids is 3. The van der Waals surface area contributed by atoms with Crippen LogP contribution in [0, 0.1) is 6.92 Å². The monoisotopic (exact) mass is 511 g/mol. The highest BCUT2D eigenvalue weighted by Gasteiger charge is 2.44. The minimum atomic E-state index is -0.912. The van der Waals surface area contributed by atoms with E-state index in [9.17, 15) is 14.4 Å². The van der Waals surface area contributed by atoms with Gasteiger partial charge in [0.05, 0.1) is 22.3 Å². The fourth-order valence-corrected chi connectivity index (χ4v) is 5.40. The lowest BCUT2D eigenvalue weighted by atomic mass is 10.2. The lowest BCUT2D eigenvalue weighted by Crippen LogP contribution is -2.47. The summed E-state index contributed by atoms with van der Waals surface area (Å²) in [6.45, 7) is 5.64. The van der Waals surface area contributed by atoms with Crippen LogP contribution in [0.3, 0.4) is 0 Å². The summed E-state index contributed by atoms with van der Waals surface area (Å²) in [5.41, 5.74) is 3.48. The third kappa shape index (κ3) is 5.01. The van der Waals surface area contributed by atoms with Crippen molar-refractivity contribution in [3.63, 3.8) is 0 Å². The van der Waals surface area contributed by atoms with Crippen LogP contribution in [0.5, 0.6) is 5.75 Å². The second kappa shape index (κ2) is 10.4. The Bertz CT molecular complexity index is 1480. The Morgan fingerprint density at radius 3 is 2.62 bits per heavy atom. The number of hydrogen-bond acceptors (Lipinski definition) is 6. The fourth-order valence-electron chi connectivity index (χ4n) is 4.33. The average molecular weight is 512 g/mol. The number of benzene rings is 3. The molecule has 5 rings (SSSR count). The van der Waals surface area contributed by atoms with Gasteiger partial charge in [-0.2, -0.15) is 0 Å². The van der Waals surface area contributed by atoms with Gasteiger partial charge >= 0.3 is 0 Å². The average Bonchev–Trinajstić information content (AvgIpc) is 3.46. The second-order valence-corrected chi connectivity index (χ2v) is 9.79. The zero-order valence-electron chi connectivity index (χ0n) is 20.3. The zero-order valence-corrected chi connectivity index (χ0v) is 21.1. The summed E-state index contributed by atoms with van der Waals surface area (Å²) in [6, 6.07) is 21.4. The van der Waals surface area contributed by atoms with Gasteiger partial charge in [-0.05, 0) is 61.0 Å². The lowest BCUT2D eigenvalue weighted by Gasteiger charge is -2.26. The van der Waals surface area contributed by atoms with E-state index in [1.807, 2.05) is 37.3 Å². The number of carbonyl (C=O) groups is 3. The molecule has 1 aliphatic heterocycles. The number of hydrogen-bond donors (Lipinski definition) is 0. The Labute approximate surface area is 218 Å². The molecule has 186 valence electrons. The summed E-state index contributed by atoms with van der Waals surface area (Å²) in [5.74, 6) is -0.640. The van der Waals surface area contributed by atoms with Crippen molar-refractivity contribution in [2.24, 2.45) is 0 Å². The van der Waals surface area contributed by atoms with Crippen molar-refractivity contribution >= 4 is 45.0 Å². The SMILES string of the molecule is C=CCN(C(=O)COc1ccccc1)C1CC(=O)N(c2ccc(-c3nc4ccc(C)cc4s3)cc2)C1=O. The predicted octanol–water partition coefficient (Wildman–Crippen LogP) is 5.00. The van der Waals surface area contributed by atoms with Crippen LogP contribution >= 0.6 is 11.3 Å². The number of anilines is 1. The molecule has 8 heteroatoms. The summed E-state index contributed by atoms with van der Waals surface area (Å²) >= 11 is 1.60. The van der Waals surface area contributed by atoms with Crippen molar-refractivity contribution in [3.05, 3.63) is 91.0 Å². The molecule has 7 nitrogen and oxygen atoms in total. The van der Waals surface area contributed by atoms with Gasteiger partial charge in [0.1, 0.15) is 16.8 Å². The number of fused-ring (bicyclic) bond motifs is 1. The summed E-state index contributed by atoms with van der Waals surface area (Å²) in [6.07, 6.45) is 1.44. The minimum absolute atomic E-state index is 0.0945. The Morgan fingerprint density at radius 2 is 1.89 bits per heavy atom. The third-order valence-corrected chi connectivity index (χ3v) is 7.23. The molecule has 4 aromatic rings. The number of imide groups is 1. The van der Waals surface area contributed by atoms with Gasteiger partial charge in [-0.3, -0.25) is 14.4 Å². The minimum Gasteiger partial charge on any atom is -0.484 e. The molecule has 37 heavy (non-hydrogen) atoms. The molecule has 0 saturated carbocycles. The quantitative estimate of drug-likeness (QED) is 0.246. The van der Waals surface area contributed by atoms with Crippen LogP contribution in [0.4, 0.5) is 5.69 Å². The van der Waals surface area contributed by atoms with Crippen molar-refractivity contribution in [1.82, 2.24) is 9.88 Å². The first kappa shape index (κ1) is 24.4. The Hall–Kier alpha value is -4.30. The molecule has 3 amide bonds. The summed E-state index contributed by atoms with van der Waals surface area (Å²) in [5, 5.41) is 0.866. The molecule has 1 aromatic heterocycles. The van der Waals surface area contributed by atoms with Crippen molar-refractivity contribution in [3.8, 4) is 16.3 Å². The molecule has 1 atom stereocenters. The first-order chi connectivity index (χ1) is 17.9. The van der Waals surface area contributed by atoms with E-state index in [1.54, 1.807) is 47.7 Å². The Balaban J connectivity index is 1.32. The topological polar surface area (TPSA) is 79.8 Å². The molecule has 1 aliphatic rings. The van der Waals surface area contributed by atoms with Crippen LogP contribution in [0.25, 0.3) is 20.8 Å². The maximum Gasteiger partial charge on any atom is 0.261 e. The van der Waals surface area contributed by atoms with Gasteiger partial charge in [0.2, 0.25) is 5.91 Å². The number of aryl methyl sites for hydroxylation is 1. The second-order valence-electron chi connectivity index (χ2n) is 8.76. The van der Waals surface area contributed by atoms with Crippen molar-refractivity contribution in [2.45, 2.75) is 19.4 Å². The van der Waals surface area contributed by atoms with Crippen LogP contribution in [-0.4, -0.2) is 46.8 Å². The number of aromatic nitrogens is 1. The maximum atomic E-state index is 13.3. The van der Waals surface area contributed by atoms with E-state index in [4.69, 9.17) is 9.72 Å². The van der Waals surface area contributed by atoms with Crippen LogP contribution in [0.2, 0.25) is 0 Å². The number of rotatable bonds is 8. The molecule has 0 N–H and O–H groups in total. The largest absolute Gasteiger partial charge is 0.484 e. The van der Waals surface area contributed by atoms with Gasteiger partial charge in [-0.1, -0.05) is 30.3 Å². The molecular weight excluding hydrogens is 486 g/mol. The highest BCUT2D eigenvalue weighted by molar-refractivity contribution is 7.21. The molecule has 0 radical (unpaired) electrons.